The van der Waals surface area contributed by atoms with E-state index in [1.165, 1.54) is 18.2 Å². The van der Waals surface area contributed by atoms with Crippen molar-refractivity contribution in [1.29, 1.82) is 0 Å². The highest BCUT2D eigenvalue weighted by Gasteiger charge is 2.28. The van der Waals surface area contributed by atoms with Gasteiger partial charge in [0, 0.05) is 6.54 Å². The molecule has 6 nitrogen and oxygen atoms in total. The Morgan fingerprint density at radius 3 is 2.42 bits per heavy atom. The van der Waals surface area contributed by atoms with E-state index in [2.05, 4.69) is 22.0 Å². The number of benzene rings is 2. The number of nitrogens with one attached hydrogen (secondary N) is 2. The van der Waals surface area contributed by atoms with Gasteiger partial charge in [0.2, 0.25) is 15.9 Å². The van der Waals surface area contributed by atoms with Gasteiger partial charge >= 0.3 is 0 Å². The number of nitrogens with zero attached hydrogens (tertiary/aromatic N) is 1. The van der Waals surface area contributed by atoms with E-state index in [9.17, 15) is 17.6 Å². The Hall–Kier alpha value is -2.29. The maximum absolute atomic E-state index is 14.1. The summed E-state index contributed by atoms with van der Waals surface area (Å²) in [5.74, 6) is -0.702. The molecule has 0 radical (unpaired) electrons. The zero-order valence-corrected chi connectivity index (χ0v) is 18.6. The number of carbonyl (C=O) groups is 1. The molecule has 2 N–H and O–H groups in total. The summed E-state index contributed by atoms with van der Waals surface area (Å²) in [5.41, 5.74) is 0.814. The van der Waals surface area contributed by atoms with E-state index in [4.69, 9.17) is 0 Å². The highest BCUT2D eigenvalue weighted by Crippen LogP contribution is 2.19. The molecule has 0 aliphatic carbocycles. The Bertz CT molecular complexity index is 961. The Labute approximate surface area is 183 Å². The lowest BCUT2D eigenvalue weighted by atomic mass is 9.94. The van der Waals surface area contributed by atoms with E-state index in [0.717, 1.165) is 44.0 Å². The summed E-state index contributed by atoms with van der Waals surface area (Å²) in [6, 6.07) is 13.3. The van der Waals surface area contributed by atoms with Gasteiger partial charge in [-0.25, -0.2) is 12.8 Å². The highest BCUT2D eigenvalue weighted by atomic mass is 32.2. The number of halogens is 1. The normalized spacial score (nSPS) is 16.7. The first-order chi connectivity index (χ1) is 14.8. The van der Waals surface area contributed by atoms with Gasteiger partial charge in [0.1, 0.15) is 16.8 Å². The van der Waals surface area contributed by atoms with Crippen LogP contribution in [0.3, 0.4) is 0 Å². The second-order valence-corrected chi connectivity index (χ2v) is 9.80. The smallest absolute Gasteiger partial charge is 0.244 e. The molecule has 1 unspecified atom stereocenters. The van der Waals surface area contributed by atoms with Gasteiger partial charge in [0.15, 0.2) is 0 Å². The van der Waals surface area contributed by atoms with E-state index in [1.807, 2.05) is 30.3 Å². The molecule has 1 aliphatic rings. The van der Waals surface area contributed by atoms with Crippen molar-refractivity contribution in [3.05, 3.63) is 66.0 Å². The molecule has 168 valence electrons. The molecule has 0 saturated carbocycles. The molecule has 1 saturated heterocycles. The van der Waals surface area contributed by atoms with Gasteiger partial charge in [0.05, 0.1) is 0 Å². The lowest BCUT2D eigenvalue weighted by Crippen LogP contribution is -2.48. The molecule has 1 amide bonds. The standard InChI is InChI=1S/C23H30FN3O3S/c1-27-15-12-18(13-16-27)11-14-25-23(28)21(17-19-7-3-2-4-8-19)26-31(29,30)22-10-6-5-9-20(22)24/h2-10,18,21,26H,11-17H2,1H3,(H,25,28). The topological polar surface area (TPSA) is 78.5 Å². The number of likely N-dealkylation sites (tertiary alicyclic amines) is 1. The molecule has 1 atom stereocenters. The van der Waals surface area contributed by atoms with Crippen molar-refractivity contribution >= 4 is 15.9 Å². The van der Waals surface area contributed by atoms with Crippen LogP contribution in [0.1, 0.15) is 24.8 Å². The van der Waals surface area contributed by atoms with Crippen LogP contribution in [0.5, 0.6) is 0 Å². The second-order valence-electron chi connectivity index (χ2n) is 8.12. The molecular weight excluding hydrogens is 417 g/mol. The third kappa shape index (κ3) is 6.85. The minimum Gasteiger partial charge on any atom is -0.355 e. The number of hydrogen-bond acceptors (Lipinski definition) is 4. The van der Waals surface area contributed by atoms with Crippen LogP contribution in [0, 0.1) is 11.7 Å². The van der Waals surface area contributed by atoms with E-state index < -0.39 is 32.7 Å². The van der Waals surface area contributed by atoms with Crippen molar-refractivity contribution in [2.45, 2.75) is 36.6 Å². The molecule has 2 aromatic rings. The highest BCUT2D eigenvalue weighted by molar-refractivity contribution is 7.89. The van der Waals surface area contributed by atoms with Gasteiger partial charge in [-0.2, -0.15) is 4.72 Å². The quantitative estimate of drug-likeness (QED) is 0.619. The monoisotopic (exact) mass is 447 g/mol. The Kier molecular flexibility index (Phi) is 8.17. The number of carbonyl (C=O) groups excluding carboxylic acids is 1. The fourth-order valence-electron chi connectivity index (χ4n) is 3.82. The Morgan fingerprint density at radius 2 is 1.74 bits per heavy atom. The SMILES string of the molecule is CN1CCC(CCNC(=O)C(Cc2ccccc2)NS(=O)(=O)c2ccccc2F)CC1. The molecule has 0 aromatic heterocycles. The van der Waals surface area contributed by atoms with Gasteiger partial charge in [-0.3, -0.25) is 4.79 Å². The minimum atomic E-state index is -4.20. The molecule has 31 heavy (non-hydrogen) atoms. The van der Waals surface area contributed by atoms with Crippen molar-refractivity contribution in [1.82, 2.24) is 14.9 Å². The van der Waals surface area contributed by atoms with Gasteiger partial charge in [-0.05, 0) is 69.4 Å². The third-order valence-corrected chi connectivity index (χ3v) is 7.22. The van der Waals surface area contributed by atoms with Crippen LogP contribution < -0.4 is 10.0 Å². The summed E-state index contributed by atoms with van der Waals surface area (Å²) >= 11 is 0. The molecule has 0 bridgehead atoms. The van der Waals surface area contributed by atoms with Crippen LogP contribution in [-0.4, -0.2) is 51.9 Å². The number of hydrogen-bond donors (Lipinski definition) is 2. The molecule has 1 fully saturated rings. The third-order valence-electron chi connectivity index (χ3n) is 5.71. The number of amides is 1. The van der Waals surface area contributed by atoms with E-state index >= 15 is 0 Å². The fourth-order valence-corrected chi connectivity index (χ4v) is 5.10. The van der Waals surface area contributed by atoms with Crippen molar-refractivity contribution in [2.24, 2.45) is 5.92 Å². The van der Waals surface area contributed by atoms with E-state index in [1.54, 1.807) is 0 Å². The predicted molar refractivity (Wildman–Crippen MR) is 119 cm³/mol. The van der Waals surface area contributed by atoms with Gasteiger partial charge in [-0.15, -0.1) is 0 Å². The van der Waals surface area contributed by atoms with Crippen LogP contribution in [0.25, 0.3) is 0 Å². The predicted octanol–water partition coefficient (Wildman–Crippen LogP) is 2.56. The second kappa shape index (κ2) is 10.8. The Morgan fingerprint density at radius 1 is 1.10 bits per heavy atom. The van der Waals surface area contributed by atoms with Gasteiger partial charge < -0.3 is 10.2 Å². The van der Waals surface area contributed by atoms with Crippen LogP contribution in [0.4, 0.5) is 4.39 Å². The lowest BCUT2D eigenvalue weighted by Gasteiger charge is -2.29. The number of piperidine rings is 1. The van der Waals surface area contributed by atoms with Crippen molar-refractivity contribution in [2.75, 3.05) is 26.7 Å². The maximum Gasteiger partial charge on any atom is 0.244 e. The summed E-state index contributed by atoms with van der Waals surface area (Å²) < 4.78 is 42.0. The van der Waals surface area contributed by atoms with Crippen molar-refractivity contribution < 1.29 is 17.6 Å². The fraction of sp³-hybridized carbons (Fsp3) is 0.435. The molecular formula is C23H30FN3O3S. The summed E-state index contributed by atoms with van der Waals surface area (Å²) in [5, 5.41) is 2.88. The van der Waals surface area contributed by atoms with Crippen LogP contribution >= 0.6 is 0 Å². The molecule has 1 aliphatic heterocycles. The summed E-state index contributed by atoms with van der Waals surface area (Å²) in [6.45, 7) is 2.59. The molecule has 3 rings (SSSR count). The van der Waals surface area contributed by atoms with Crippen molar-refractivity contribution in [3.63, 3.8) is 0 Å². The largest absolute Gasteiger partial charge is 0.355 e. The molecule has 0 spiro atoms. The average Bonchev–Trinajstić information content (AvgIpc) is 2.75. The maximum atomic E-state index is 14.1. The number of rotatable bonds is 9. The first-order valence-corrected chi connectivity index (χ1v) is 12.1. The summed E-state index contributed by atoms with van der Waals surface area (Å²) in [6.07, 6.45) is 3.23. The number of sulfonamides is 1. The van der Waals surface area contributed by atoms with Crippen molar-refractivity contribution in [3.8, 4) is 0 Å². The summed E-state index contributed by atoms with van der Waals surface area (Å²) in [7, 11) is -2.09. The first kappa shape index (κ1) is 23.4. The zero-order chi connectivity index (χ0) is 22.3. The molecule has 1 heterocycles. The van der Waals surface area contributed by atoms with Gasteiger partial charge in [-0.1, -0.05) is 42.5 Å². The minimum absolute atomic E-state index is 0.175. The summed E-state index contributed by atoms with van der Waals surface area (Å²) in [4.78, 5) is 14.7. The van der Waals surface area contributed by atoms with Crippen LogP contribution in [0.15, 0.2) is 59.5 Å². The zero-order valence-electron chi connectivity index (χ0n) is 17.8. The first-order valence-electron chi connectivity index (χ1n) is 10.6. The van der Waals surface area contributed by atoms with Crippen LogP contribution in [0.2, 0.25) is 0 Å². The van der Waals surface area contributed by atoms with E-state index in [0.29, 0.717) is 12.5 Å². The van der Waals surface area contributed by atoms with Gasteiger partial charge in [0.25, 0.3) is 0 Å². The lowest BCUT2D eigenvalue weighted by molar-refractivity contribution is -0.122. The molecule has 8 heteroatoms. The van der Waals surface area contributed by atoms with Crippen LogP contribution in [-0.2, 0) is 21.2 Å². The molecule has 2 aromatic carbocycles. The van der Waals surface area contributed by atoms with E-state index in [-0.39, 0.29) is 6.42 Å². The average molecular weight is 448 g/mol. The Balaban J connectivity index is 1.67.